The maximum atomic E-state index is 13.6. The van der Waals surface area contributed by atoms with E-state index in [9.17, 15) is 4.39 Å². The summed E-state index contributed by atoms with van der Waals surface area (Å²) in [5.74, 6) is -0.397. The summed E-state index contributed by atoms with van der Waals surface area (Å²) < 4.78 is 20.2. The Morgan fingerprint density at radius 3 is 2.42 bits per heavy atom. The average Bonchev–Trinajstić information content (AvgIpc) is 2.27. The van der Waals surface area contributed by atoms with E-state index in [1.165, 1.54) is 0 Å². The largest absolute Gasteiger partial charge is 0.416 e. The Labute approximate surface area is 129 Å². The van der Waals surface area contributed by atoms with Gasteiger partial charge in [-0.2, -0.15) is 0 Å². The van der Waals surface area contributed by atoms with Crippen molar-refractivity contribution in [3.8, 4) is 0 Å². The second-order valence-electron chi connectivity index (χ2n) is 6.19. The second-order valence-corrected chi connectivity index (χ2v) is 12.2. The van der Waals surface area contributed by atoms with Gasteiger partial charge in [-0.3, -0.25) is 0 Å². The number of halogens is 3. The molecule has 0 heterocycles. The van der Waals surface area contributed by atoms with Gasteiger partial charge < -0.3 is 4.43 Å². The normalized spacial score (nSPS) is 12.8. The van der Waals surface area contributed by atoms with Crippen LogP contribution in [0.3, 0.4) is 0 Å². The Balaban J connectivity index is 2.67. The molecule has 0 unspecified atom stereocenters. The molecule has 1 aromatic rings. The maximum Gasteiger partial charge on any atom is 0.191 e. The van der Waals surface area contributed by atoms with Crippen molar-refractivity contribution in [1.29, 1.82) is 0 Å². The molecule has 0 aromatic heterocycles. The molecular formula is C14H21BrClFOSi. The van der Waals surface area contributed by atoms with E-state index >= 15 is 0 Å². The first kappa shape index (κ1) is 17.1. The average molecular weight is 368 g/mol. The van der Waals surface area contributed by atoms with E-state index < -0.39 is 14.1 Å². The first-order valence-electron chi connectivity index (χ1n) is 6.32. The molecule has 0 N–H and O–H groups in total. The highest BCUT2D eigenvalue weighted by Gasteiger charge is 2.36. The van der Waals surface area contributed by atoms with E-state index in [1.807, 2.05) is 6.07 Å². The second kappa shape index (κ2) is 6.25. The first-order chi connectivity index (χ1) is 8.56. The standard InChI is InChI=1S/C14H21BrClFOSi/c1-14(2,3)19(4,5)18-9-8-10-6-7-11(16)13(17)12(10)15/h6-7H,8-9H2,1-5H3. The van der Waals surface area contributed by atoms with Crippen LogP contribution in [-0.4, -0.2) is 14.9 Å². The van der Waals surface area contributed by atoms with Crippen molar-refractivity contribution >= 4 is 35.8 Å². The van der Waals surface area contributed by atoms with Crippen molar-refractivity contribution in [3.63, 3.8) is 0 Å². The molecule has 19 heavy (non-hydrogen) atoms. The van der Waals surface area contributed by atoms with Crippen LogP contribution < -0.4 is 0 Å². The highest BCUT2D eigenvalue weighted by molar-refractivity contribution is 9.10. The van der Waals surface area contributed by atoms with Crippen molar-refractivity contribution in [2.24, 2.45) is 0 Å². The van der Waals surface area contributed by atoms with Crippen LogP contribution >= 0.6 is 27.5 Å². The molecule has 0 aliphatic rings. The van der Waals surface area contributed by atoms with Gasteiger partial charge in [0.05, 0.1) is 9.50 Å². The first-order valence-corrected chi connectivity index (χ1v) is 10.4. The summed E-state index contributed by atoms with van der Waals surface area (Å²) in [6.45, 7) is 11.6. The van der Waals surface area contributed by atoms with E-state index in [2.05, 4.69) is 49.8 Å². The van der Waals surface area contributed by atoms with Gasteiger partial charge in [0.2, 0.25) is 0 Å². The van der Waals surface area contributed by atoms with Gasteiger partial charge in [-0.25, -0.2) is 4.39 Å². The summed E-state index contributed by atoms with van der Waals surface area (Å²) in [6, 6.07) is 3.42. The van der Waals surface area contributed by atoms with E-state index in [0.29, 0.717) is 17.5 Å². The van der Waals surface area contributed by atoms with E-state index in [4.69, 9.17) is 16.0 Å². The van der Waals surface area contributed by atoms with Crippen LogP contribution in [0.1, 0.15) is 26.3 Å². The fourth-order valence-corrected chi connectivity index (χ4v) is 3.25. The van der Waals surface area contributed by atoms with Crippen LogP contribution in [-0.2, 0) is 10.8 Å². The van der Waals surface area contributed by atoms with Gasteiger partial charge in [-0.05, 0) is 52.1 Å². The van der Waals surface area contributed by atoms with E-state index in [0.717, 1.165) is 5.56 Å². The van der Waals surface area contributed by atoms with Crippen LogP contribution in [0.4, 0.5) is 4.39 Å². The Kier molecular flexibility index (Phi) is 5.64. The Morgan fingerprint density at radius 2 is 1.89 bits per heavy atom. The van der Waals surface area contributed by atoms with Crippen molar-refractivity contribution in [2.75, 3.05) is 6.61 Å². The Bertz CT molecular complexity index is 457. The molecule has 0 saturated heterocycles. The third kappa shape index (κ3) is 4.28. The zero-order valence-corrected chi connectivity index (χ0v) is 15.5. The number of benzene rings is 1. The van der Waals surface area contributed by atoms with Gasteiger partial charge in [-0.1, -0.05) is 38.4 Å². The SMILES string of the molecule is CC(C)(C)[Si](C)(C)OCCc1ccc(Cl)c(F)c1Br. The van der Waals surface area contributed by atoms with Crippen LogP contribution in [0.2, 0.25) is 23.2 Å². The molecule has 0 fully saturated rings. The lowest BCUT2D eigenvalue weighted by molar-refractivity contribution is 0.291. The Hall–Kier alpha value is 0.0969. The molecule has 5 heteroatoms. The van der Waals surface area contributed by atoms with Crippen molar-refractivity contribution in [1.82, 2.24) is 0 Å². The number of rotatable bonds is 4. The van der Waals surface area contributed by atoms with Gasteiger partial charge >= 0.3 is 0 Å². The zero-order valence-electron chi connectivity index (χ0n) is 12.1. The maximum absolute atomic E-state index is 13.6. The van der Waals surface area contributed by atoms with Crippen molar-refractivity contribution in [2.45, 2.75) is 45.3 Å². The molecule has 0 spiro atoms. The smallest absolute Gasteiger partial charge is 0.191 e. The zero-order chi connectivity index (χ0) is 14.8. The molecule has 0 aliphatic heterocycles. The summed E-state index contributed by atoms with van der Waals surface area (Å²) >= 11 is 8.97. The lowest BCUT2D eigenvalue weighted by Gasteiger charge is -2.36. The summed E-state index contributed by atoms with van der Waals surface area (Å²) in [6.07, 6.45) is 0.682. The lowest BCUT2D eigenvalue weighted by Crippen LogP contribution is -2.41. The lowest BCUT2D eigenvalue weighted by atomic mass is 10.1. The fourth-order valence-electron chi connectivity index (χ4n) is 1.39. The quantitative estimate of drug-likeness (QED) is 0.482. The molecular weight excluding hydrogens is 347 g/mol. The Morgan fingerprint density at radius 1 is 1.32 bits per heavy atom. The van der Waals surface area contributed by atoms with Crippen LogP contribution in [0.5, 0.6) is 0 Å². The molecule has 0 bridgehead atoms. The van der Waals surface area contributed by atoms with Gasteiger partial charge in [0, 0.05) is 6.61 Å². The highest BCUT2D eigenvalue weighted by Crippen LogP contribution is 2.36. The van der Waals surface area contributed by atoms with E-state index in [1.54, 1.807) is 6.07 Å². The van der Waals surface area contributed by atoms with Crippen LogP contribution in [0.15, 0.2) is 16.6 Å². The van der Waals surface area contributed by atoms with Gasteiger partial charge in [0.1, 0.15) is 0 Å². The van der Waals surface area contributed by atoms with Gasteiger partial charge in [0.25, 0.3) is 0 Å². The third-order valence-electron chi connectivity index (χ3n) is 3.76. The molecule has 0 radical (unpaired) electrons. The molecule has 0 aliphatic carbocycles. The fraction of sp³-hybridized carbons (Fsp3) is 0.571. The highest BCUT2D eigenvalue weighted by atomic mass is 79.9. The van der Waals surface area contributed by atoms with Gasteiger partial charge in [0.15, 0.2) is 14.1 Å². The number of hydrogen-bond donors (Lipinski definition) is 0. The predicted molar refractivity (Wildman–Crippen MR) is 86.0 cm³/mol. The summed E-state index contributed by atoms with van der Waals surface area (Å²) in [4.78, 5) is 0. The molecule has 1 rings (SSSR count). The van der Waals surface area contributed by atoms with Crippen LogP contribution in [0, 0.1) is 5.82 Å². The molecule has 1 aromatic carbocycles. The predicted octanol–water partition coefficient (Wildman–Crippen LogP) is 5.81. The number of hydrogen-bond acceptors (Lipinski definition) is 1. The van der Waals surface area contributed by atoms with Crippen molar-refractivity contribution < 1.29 is 8.82 Å². The van der Waals surface area contributed by atoms with E-state index in [-0.39, 0.29) is 10.1 Å². The summed E-state index contributed by atoms with van der Waals surface area (Å²) in [5.41, 5.74) is 0.889. The molecule has 0 atom stereocenters. The molecule has 1 nitrogen and oxygen atoms in total. The topological polar surface area (TPSA) is 9.23 Å². The molecule has 0 saturated carbocycles. The van der Waals surface area contributed by atoms with Crippen molar-refractivity contribution in [3.05, 3.63) is 33.0 Å². The van der Waals surface area contributed by atoms with Crippen LogP contribution in [0.25, 0.3) is 0 Å². The minimum absolute atomic E-state index is 0.140. The molecule has 108 valence electrons. The summed E-state index contributed by atoms with van der Waals surface area (Å²) in [5, 5.41) is 0.330. The minimum atomic E-state index is -1.74. The minimum Gasteiger partial charge on any atom is -0.416 e. The molecule has 0 amide bonds. The third-order valence-corrected chi connectivity index (χ3v) is 9.44. The summed E-state index contributed by atoms with van der Waals surface area (Å²) in [7, 11) is -1.74. The van der Waals surface area contributed by atoms with Gasteiger partial charge in [-0.15, -0.1) is 0 Å². The monoisotopic (exact) mass is 366 g/mol.